The van der Waals surface area contributed by atoms with Gasteiger partial charge in [-0.2, -0.15) is 13.2 Å². The normalized spacial score (nSPS) is 19.5. The summed E-state index contributed by atoms with van der Waals surface area (Å²) >= 11 is 0. The number of carbonyl (C=O) groups is 1. The standard InChI is InChI=1S/C17H20F3N5O/c1-24(15-12-3-5-21-14(12)22-10-23-15)11-6-16(7-11)8-25(9-16)13(26)2-4-17(18,19)20/h3,5,10-11H,2,4,6-9H2,1H3,(H,21,22,23). The van der Waals surface area contributed by atoms with Crippen LogP contribution in [0.1, 0.15) is 25.7 Å². The highest BCUT2D eigenvalue weighted by Crippen LogP contribution is 2.51. The van der Waals surface area contributed by atoms with E-state index in [9.17, 15) is 18.0 Å². The van der Waals surface area contributed by atoms with Crippen molar-refractivity contribution in [3.8, 4) is 0 Å². The molecule has 2 aromatic heterocycles. The number of H-pyrrole nitrogens is 1. The van der Waals surface area contributed by atoms with Crippen LogP contribution in [0.25, 0.3) is 11.0 Å². The van der Waals surface area contributed by atoms with Crippen molar-refractivity contribution < 1.29 is 18.0 Å². The number of likely N-dealkylation sites (tertiary alicyclic amines) is 1. The number of anilines is 1. The minimum atomic E-state index is -4.27. The van der Waals surface area contributed by atoms with Gasteiger partial charge in [0.2, 0.25) is 5.91 Å². The van der Waals surface area contributed by atoms with Gasteiger partial charge in [-0.15, -0.1) is 0 Å². The number of amides is 1. The lowest BCUT2D eigenvalue weighted by Crippen LogP contribution is -2.67. The third-order valence-electron chi connectivity index (χ3n) is 5.58. The third kappa shape index (κ3) is 2.99. The summed E-state index contributed by atoms with van der Waals surface area (Å²) in [6.45, 7) is 1.13. The number of fused-ring (bicyclic) bond motifs is 1. The van der Waals surface area contributed by atoms with Gasteiger partial charge in [-0.25, -0.2) is 9.97 Å². The molecule has 2 aromatic rings. The van der Waals surface area contributed by atoms with Gasteiger partial charge in [-0.3, -0.25) is 4.79 Å². The smallest absolute Gasteiger partial charge is 0.356 e. The molecule has 1 amide bonds. The molecule has 0 aromatic carbocycles. The highest BCUT2D eigenvalue weighted by Gasteiger charge is 2.54. The van der Waals surface area contributed by atoms with Crippen LogP contribution in [0.15, 0.2) is 18.6 Å². The SMILES string of the molecule is CN(c1ncnc2[nH]ccc12)C1CC2(C1)CN(C(=O)CCC(F)(F)F)C2. The lowest BCUT2D eigenvalue weighted by atomic mass is 9.60. The Morgan fingerprint density at radius 2 is 2.12 bits per heavy atom. The van der Waals surface area contributed by atoms with E-state index in [0.29, 0.717) is 19.1 Å². The minimum Gasteiger partial charge on any atom is -0.356 e. The van der Waals surface area contributed by atoms with Gasteiger partial charge in [0.1, 0.15) is 17.8 Å². The summed E-state index contributed by atoms with van der Waals surface area (Å²) in [5.74, 6) is 0.475. The molecule has 1 spiro atoms. The average Bonchev–Trinajstić information content (AvgIpc) is 2.97. The Morgan fingerprint density at radius 1 is 1.38 bits per heavy atom. The van der Waals surface area contributed by atoms with E-state index in [2.05, 4.69) is 19.9 Å². The number of halogens is 3. The molecule has 1 aliphatic heterocycles. The molecule has 0 bridgehead atoms. The first kappa shape index (κ1) is 17.1. The Bertz CT molecular complexity index is 819. The lowest BCUT2D eigenvalue weighted by molar-refractivity contribution is -0.161. The van der Waals surface area contributed by atoms with Gasteiger partial charge in [-0.05, 0) is 18.9 Å². The summed E-state index contributed by atoms with van der Waals surface area (Å²) < 4.78 is 36.7. The third-order valence-corrected chi connectivity index (χ3v) is 5.58. The van der Waals surface area contributed by atoms with Crippen LogP contribution in [0.3, 0.4) is 0 Å². The zero-order valence-electron chi connectivity index (χ0n) is 14.4. The second-order valence-corrected chi connectivity index (χ2v) is 7.48. The van der Waals surface area contributed by atoms with Gasteiger partial charge in [0.25, 0.3) is 0 Å². The van der Waals surface area contributed by atoms with Gasteiger partial charge >= 0.3 is 6.18 Å². The molecule has 1 saturated heterocycles. The van der Waals surface area contributed by atoms with E-state index < -0.39 is 24.9 Å². The van der Waals surface area contributed by atoms with Crippen LogP contribution in [-0.2, 0) is 4.79 Å². The Morgan fingerprint density at radius 3 is 2.81 bits per heavy atom. The van der Waals surface area contributed by atoms with Crippen LogP contribution in [0.5, 0.6) is 0 Å². The van der Waals surface area contributed by atoms with Gasteiger partial charge in [0, 0.05) is 44.2 Å². The average molecular weight is 367 g/mol. The zero-order valence-corrected chi connectivity index (χ0v) is 14.4. The van der Waals surface area contributed by atoms with Gasteiger partial charge in [0.15, 0.2) is 0 Å². The maximum Gasteiger partial charge on any atom is 0.389 e. The van der Waals surface area contributed by atoms with E-state index >= 15 is 0 Å². The molecule has 2 fully saturated rings. The number of hydrogen-bond donors (Lipinski definition) is 1. The molecule has 0 radical (unpaired) electrons. The molecule has 3 heterocycles. The topological polar surface area (TPSA) is 65.1 Å². The highest BCUT2D eigenvalue weighted by atomic mass is 19.4. The van der Waals surface area contributed by atoms with Crippen LogP contribution < -0.4 is 4.90 Å². The van der Waals surface area contributed by atoms with Crippen LogP contribution in [0, 0.1) is 5.41 Å². The minimum absolute atomic E-state index is 0.0666. The molecule has 1 N–H and O–H groups in total. The first-order valence-electron chi connectivity index (χ1n) is 8.62. The monoisotopic (exact) mass is 367 g/mol. The largest absolute Gasteiger partial charge is 0.389 e. The number of rotatable bonds is 4. The van der Waals surface area contributed by atoms with E-state index in [0.717, 1.165) is 29.7 Å². The Labute approximate surface area is 148 Å². The molecule has 0 atom stereocenters. The van der Waals surface area contributed by atoms with Crippen molar-refractivity contribution in [2.45, 2.75) is 37.9 Å². The Balaban J connectivity index is 1.31. The fourth-order valence-corrected chi connectivity index (χ4v) is 4.13. The maximum atomic E-state index is 12.2. The van der Waals surface area contributed by atoms with Crippen LogP contribution >= 0.6 is 0 Å². The van der Waals surface area contributed by atoms with Crippen molar-refractivity contribution in [3.05, 3.63) is 18.6 Å². The number of carbonyl (C=O) groups excluding carboxylic acids is 1. The second kappa shape index (κ2) is 5.85. The maximum absolute atomic E-state index is 12.2. The van der Waals surface area contributed by atoms with E-state index in [-0.39, 0.29) is 5.41 Å². The number of alkyl halides is 3. The second-order valence-electron chi connectivity index (χ2n) is 7.48. The molecule has 6 nitrogen and oxygen atoms in total. The number of aromatic nitrogens is 3. The van der Waals surface area contributed by atoms with Crippen molar-refractivity contribution >= 4 is 22.8 Å². The Hall–Kier alpha value is -2.32. The van der Waals surface area contributed by atoms with Crippen LogP contribution in [0.4, 0.5) is 19.0 Å². The summed E-state index contributed by atoms with van der Waals surface area (Å²) in [4.78, 5) is 27.2. The molecule has 140 valence electrons. The fraction of sp³-hybridized carbons (Fsp3) is 0.588. The zero-order chi connectivity index (χ0) is 18.5. The lowest BCUT2D eigenvalue weighted by Gasteiger charge is -2.60. The first-order valence-corrected chi connectivity index (χ1v) is 8.62. The van der Waals surface area contributed by atoms with Crippen LogP contribution in [0.2, 0.25) is 0 Å². The molecule has 9 heteroatoms. The van der Waals surface area contributed by atoms with Crippen molar-refractivity contribution in [3.63, 3.8) is 0 Å². The number of nitrogens with one attached hydrogen (secondary N) is 1. The molecule has 2 aliphatic rings. The summed E-state index contributed by atoms with van der Waals surface area (Å²) in [5, 5.41) is 0.966. The molecule has 1 saturated carbocycles. The Kier molecular flexibility index (Phi) is 3.85. The highest BCUT2D eigenvalue weighted by molar-refractivity contribution is 5.87. The molecule has 4 rings (SSSR count). The van der Waals surface area contributed by atoms with E-state index in [1.54, 1.807) is 4.90 Å². The van der Waals surface area contributed by atoms with Gasteiger partial charge in [-0.1, -0.05) is 0 Å². The summed E-state index contributed by atoms with van der Waals surface area (Å²) in [6.07, 6.45) is -0.566. The molecule has 1 aliphatic carbocycles. The predicted molar refractivity (Wildman–Crippen MR) is 89.6 cm³/mol. The quantitative estimate of drug-likeness (QED) is 0.903. The van der Waals surface area contributed by atoms with Gasteiger partial charge in [0.05, 0.1) is 11.8 Å². The van der Waals surface area contributed by atoms with Gasteiger partial charge < -0.3 is 14.8 Å². The molecule has 26 heavy (non-hydrogen) atoms. The van der Waals surface area contributed by atoms with Crippen molar-refractivity contribution in [2.24, 2.45) is 5.41 Å². The number of hydrogen-bond acceptors (Lipinski definition) is 4. The van der Waals surface area contributed by atoms with Crippen LogP contribution in [-0.4, -0.2) is 58.1 Å². The molecular weight excluding hydrogens is 347 g/mol. The number of nitrogens with zero attached hydrogens (tertiary/aromatic N) is 4. The van der Waals surface area contributed by atoms with Crippen molar-refractivity contribution in [1.82, 2.24) is 19.9 Å². The van der Waals surface area contributed by atoms with E-state index in [4.69, 9.17) is 0 Å². The first-order chi connectivity index (χ1) is 12.3. The fourth-order valence-electron chi connectivity index (χ4n) is 4.13. The molecular formula is C17H20F3N5O. The van der Waals surface area contributed by atoms with Crippen molar-refractivity contribution in [2.75, 3.05) is 25.0 Å². The van der Waals surface area contributed by atoms with E-state index in [1.807, 2.05) is 19.3 Å². The molecule has 0 unspecified atom stereocenters. The van der Waals surface area contributed by atoms with E-state index in [1.165, 1.54) is 6.33 Å². The van der Waals surface area contributed by atoms with Crippen molar-refractivity contribution in [1.29, 1.82) is 0 Å². The summed E-state index contributed by atoms with van der Waals surface area (Å²) in [5.41, 5.74) is 0.859. The predicted octanol–water partition coefficient (Wildman–Crippen LogP) is 2.73. The summed E-state index contributed by atoms with van der Waals surface area (Å²) in [6, 6.07) is 2.26. The number of aromatic amines is 1. The summed E-state index contributed by atoms with van der Waals surface area (Å²) in [7, 11) is 2.00.